The summed E-state index contributed by atoms with van der Waals surface area (Å²) in [5.41, 5.74) is 2.76. The van der Waals surface area contributed by atoms with E-state index in [9.17, 15) is 0 Å². The number of imidazole rings is 1. The number of hydrogen-bond acceptors (Lipinski definition) is 3. The van der Waals surface area contributed by atoms with Crippen LogP contribution in [0, 0.1) is 0 Å². The van der Waals surface area contributed by atoms with E-state index in [1.54, 1.807) is 11.3 Å². The van der Waals surface area contributed by atoms with Gasteiger partial charge in [-0.15, -0.1) is 11.3 Å². The maximum absolute atomic E-state index is 6.27. The second-order valence-electron chi connectivity index (χ2n) is 5.61. The molecule has 4 rings (SSSR count). The van der Waals surface area contributed by atoms with Crippen LogP contribution in [0.1, 0.15) is 18.6 Å². The normalized spacial score (nSPS) is 12.4. The summed E-state index contributed by atoms with van der Waals surface area (Å²) in [6.45, 7) is 1.94. The van der Waals surface area contributed by atoms with Crippen molar-refractivity contribution in [1.29, 1.82) is 0 Å². The van der Waals surface area contributed by atoms with E-state index in [0.717, 1.165) is 27.5 Å². The zero-order chi connectivity index (χ0) is 17.4. The van der Waals surface area contributed by atoms with E-state index in [1.807, 2.05) is 67.2 Å². The number of hydrogen-bond donors (Lipinski definition) is 0. The second-order valence-corrected chi connectivity index (χ2v) is 7.34. The molecule has 0 N–H and O–H groups in total. The maximum atomic E-state index is 6.27. The molecule has 1 unspecified atom stereocenters. The van der Waals surface area contributed by atoms with E-state index < -0.39 is 0 Å². The zero-order valence-corrected chi connectivity index (χ0v) is 15.6. The molecule has 0 saturated carbocycles. The third kappa shape index (κ3) is 3.13. The number of fused-ring (bicyclic) bond motifs is 1. The minimum Gasteiger partial charge on any atom is -0.485 e. The SMILES string of the molecule is CC(Oc1csc(-c2cnc3ccccn23)c1)c1c(Cl)cccc1Cl. The molecule has 0 aliphatic rings. The molecule has 0 saturated heterocycles. The molecular weight excluding hydrogens is 375 g/mol. The fraction of sp³-hybridized carbons (Fsp3) is 0.105. The molecule has 1 aromatic carbocycles. The standard InChI is InChI=1S/C19H14Cl2N2OS/c1-12(19-14(20)5-4-6-15(19)21)24-13-9-17(25-11-13)16-10-22-18-7-2-3-8-23(16)18/h2-12H,1H3. The van der Waals surface area contributed by atoms with Crippen LogP contribution in [-0.2, 0) is 0 Å². The molecule has 3 aromatic heterocycles. The molecule has 0 bridgehead atoms. The van der Waals surface area contributed by atoms with Crippen molar-refractivity contribution in [3.05, 3.63) is 75.8 Å². The summed E-state index contributed by atoms with van der Waals surface area (Å²) in [5, 5.41) is 3.20. The monoisotopic (exact) mass is 388 g/mol. The fourth-order valence-corrected chi connectivity index (χ4v) is 4.32. The molecule has 126 valence electrons. The lowest BCUT2D eigenvalue weighted by Gasteiger charge is -2.16. The largest absolute Gasteiger partial charge is 0.485 e. The molecule has 25 heavy (non-hydrogen) atoms. The van der Waals surface area contributed by atoms with Crippen molar-refractivity contribution >= 4 is 40.2 Å². The Morgan fingerprint density at radius 2 is 1.92 bits per heavy atom. The van der Waals surface area contributed by atoms with E-state index in [2.05, 4.69) is 9.38 Å². The van der Waals surface area contributed by atoms with Crippen LogP contribution >= 0.6 is 34.5 Å². The highest BCUT2D eigenvalue weighted by molar-refractivity contribution is 7.13. The van der Waals surface area contributed by atoms with Crippen LogP contribution in [0.5, 0.6) is 5.75 Å². The van der Waals surface area contributed by atoms with Gasteiger partial charge in [-0.1, -0.05) is 35.3 Å². The molecule has 3 heterocycles. The van der Waals surface area contributed by atoms with Crippen molar-refractivity contribution in [2.75, 3.05) is 0 Å². The number of aromatic nitrogens is 2. The minimum atomic E-state index is -0.245. The van der Waals surface area contributed by atoms with Crippen LogP contribution in [0.15, 0.2) is 60.2 Å². The highest BCUT2D eigenvalue weighted by Crippen LogP contribution is 2.36. The number of rotatable bonds is 4. The molecule has 3 nitrogen and oxygen atoms in total. The van der Waals surface area contributed by atoms with Crippen molar-refractivity contribution in [2.45, 2.75) is 13.0 Å². The van der Waals surface area contributed by atoms with Gasteiger partial charge in [0.05, 0.1) is 16.8 Å². The van der Waals surface area contributed by atoms with Gasteiger partial charge in [-0.05, 0) is 31.2 Å². The minimum absolute atomic E-state index is 0.245. The Bertz CT molecular complexity index is 1020. The van der Waals surface area contributed by atoms with Gasteiger partial charge in [-0.3, -0.25) is 4.40 Å². The van der Waals surface area contributed by atoms with Crippen molar-refractivity contribution in [3.63, 3.8) is 0 Å². The smallest absolute Gasteiger partial charge is 0.137 e. The van der Waals surface area contributed by atoms with Gasteiger partial charge in [0.15, 0.2) is 0 Å². The van der Waals surface area contributed by atoms with Crippen LogP contribution in [0.25, 0.3) is 16.2 Å². The summed E-state index contributed by atoms with van der Waals surface area (Å²) in [7, 11) is 0. The van der Waals surface area contributed by atoms with E-state index in [1.165, 1.54) is 0 Å². The first-order valence-corrected chi connectivity index (χ1v) is 9.38. The molecule has 4 aromatic rings. The number of nitrogens with zero attached hydrogens (tertiary/aromatic N) is 2. The van der Waals surface area contributed by atoms with Gasteiger partial charge in [-0.2, -0.15) is 0 Å². The summed E-state index contributed by atoms with van der Waals surface area (Å²) in [5.74, 6) is 0.786. The Hall–Kier alpha value is -2.01. The van der Waals surface area contributed by atoms with E-state index in [4.69, 9.17) is 27.9 Å². The first-order chi connectivity index (χ1) is 12.1. The van der Waals surface area contributed by atoms with E-state index in [0.29, 0.717) is 10.0 Å². The maximum Gasteiger partial charge on any atom is 0.137 e. The van der Waals surface area contributed by atoms with Crippen LogP contribution in [0.2, 0.25) is 10.0 Å². The van der Waals surface area contributed by atoms with Crippen molar-refractivity contribution in [2.24, 2.45) is 0 Å². The van der Waals surface area contributed by atoms with Crippen molar-refractivity contribution < 1.29 is 4.74 Å². The Kier molecular flexibility index (Phi) is 4.42. The number of pyridine rings is 1. The zero-order valence-electron chi connectivity index (χ0n) is 13.3. The summed E-state index contributed by atoms with van der Waals surface area (Å²) in [6.07, 6.45) is 3.63. The van der Waals surface area contributed by atoms with Gasteiger partial charge in [0.25, 0.3) is 0 Å². The number of halogens is 2. The van der Waals surface area contributed by atoms with Crippen LogP contribution in [0.3, 0.4) is 0 Å². The molecule has 6 heteroatoms. The first-order valence-electron chi connectivity index (χ1n) is 7.75. The lowest BCUT2D eigenvalue weighted by molar-refractivity contribution is 0.228. The summed E-state index contributed by atoms with van der Waals surface area (Å²) in [4.78, 5) is 5.52. The first kappa shape index (κ1) is 16.5. The summed E-state index contributed by atoms with van der Waals surface area (Å²) in [6, 6.07) is 13.4. The molecule has 0 aliphatic carbocycles. The Balaban J connectivity index is 1.62. The third-order valence-electron chi connectivity index (χ3n) is 3.96. The van der Waals surface area contributed by atoms with Crippen LogP contribution in [-0.4, -0.2) is 9.38 Å². The lowest BCUT2D eigenvalue weighted by atomic mass is 10.1. The van der Waals surface area contributed by atoms with Crippen LogP contribution in [0.4, 0.5) is 0 Å². The van der Waals surface area contributed by atoms with Gasteiger partial charge in [0.2, 0.25) is 0 Å². The Morgan fingerprint density at radius 1 is 1.12 bits per heavy atom. The van der Waals surface area contributed by atoms with Crippen molar-refractivity contribution in [3.8, 4) is 16.3 Å². The molecule has 0 spiro atoms. The highest BCUT2D eigenvalue weighted by Gasteiger charge is 2.16. The summed E-state index contributed by atoms with van der Waals surface area (Å²) < 4.78 is 8.12. The van der Waals surface area contributed by atoms with Crippen molar-refractivity contribution in [1.82, 2.24) is 9.38 Å². The predicted octanol–water partition coefficient (Wildman–Crippen LogP) is 6.51. The van der Waals surface area contributed by atoms with Crippen LogP contribution < -0.4 is 4.74 Å². The average molecular weight is 389 g/mol. The van der Waals surface area contributed by atoms with Gasteiger partial charge >= 0.3 is 0 Å². The predicted molar refractivity (Wildman–Crippen MR) is 104 cm³/mol. The molecule has 0 fully saturated rings. The molecule has 0 radical (unpaired) electrons. The van der Waals surface area contributed by atoms with Gasteiger partial charge in [0.1, 0.15) is 17.5 Å². The molecule has 0 amide bonds. The second kappa shape index (κ2) is 6.71. The third-order valence-corrected chi connectivity index (χ3v) is 5.55. The van der Waals surface area contributed by atoms with Gasteiger partial charge in [0, 0.05) is 33.3 Å². The quantitative estimate of drug-likeness (QED) is 0.398. The topological polar surface area (TPSA) is 26.5 Å². The summed E-state index contributed by atoms with van der Waals surface area (Å²) >= 11 is 14.2. The van der Waals surface area contributed by atoms with E-state index >= 15 is 0 Å². The molecule has 0 aliphatic heterocycles. The van der Waals surface area contributed by atoms with Gasteiger partial charge < -0.3 is 4.74 Å². The molecular formula is C19H14Cl2N2OS. The van der Waals surface area contributed by atoms with Gasteiger partial charge in [-0.25, -0.2) is 4.98 Å². The highest BCUT2D eigenvalue weighted by atomic mass is 35.5. The fourth-order valence-electron chi connectivity index (χ4n) is 2.79. The number of benzene rings is 1. The Labute approximate surface area is 159 Å². The lowest BCUT2D eigenvalue weighted by Crippen LogP contribution is -2.04. The van der Waals surface area contributed by atoms with E-state index in [-0.39, 0.29) is 6.10 Å². The Morgan fingerprint density at radius 3 is 2.72 bits per heavy atom. The number of ether oxygens (including phenoxy) is 1. The molecule has 1 atom stereocenters. The average Bonchev–Trinajstić information content (AvgIpc) is 3.21. The number of thiophene rings is 1.